The van der Waals surface area contributed by atoms with Gasteiger partial charge in [0.05, 0.1) is 23.6 Å². The van der Waals surface area contributed by atoms with Crippen LogP contribution in [0.3, 0.4) is 0 Å². The first-order valence-electron chi connectivity index (χ1n) is 7.35. The molecule has 1 aliphatic carbocycles. The fourth-order valence-corrected chi connectivity index (χ4v) is 4.15. The molecular formula is C15H23NO4S. The normalized spacial score (nSPS) is 23.2. The average Bonchev–Trinajstić information content (AvgIpc) is 2.48. The second kappa shape index (κ2) is 6.77. The summed E-state index contributed by atoms with van der Waals surface area (Å²) in [6.07, 6.45) is 2.68. The van der Waals surface area contributed by atoms with E-state index in [1.807, 2.05) is 6.92 Å². The van der Waals surface area contributed by atoms with Gasteiger partial charge in [0, 0.05) is 7.05 Å². The standard InChI is InChI=1S/C15H23NO4S/c1-3-20-12-8-10-13(11-9-12)21(18,19)16(2)14-6-4-5-7-15(14)17/h8-11,14-15,17H,3-7H2,1-2H3/t14-,15+/m1/s1. The van der Waals surface area contributed by atoms with Gasteiger partial charge < -0.3 is 9.84 Å². The van der Waals surface area contributed by atoms with Crippen LogP contribution in [0, 0.1) is 0 Å². The molecule has 0 amide bonds. The van der Waals surface area contributed by atoms with Crippen LogP contribution in [0.4, 0.5) is 0 Å². The van der Waals surface area contributed by atoms with Crippen LogP contribution in [-0.4, -0.2) is 43.6 Å². The third kappa shape index (κ3) is 3.56. The van der Waals surface area contributed by atoms with Gasteiger partial charge in [-0.3, -0.25) is 0 Å². The van der Waals surface area contributed by atoms with Crippen LogP contribution in [0.5, 0.6) is 5.75 Å². The van der Waals surface area contributed by atoms with E-state index in [9.17, 15) is 13.5 Å². The molecule has 2 atom stereocenters. The zero-order valence-electron chi connectivity index (χ0n) is 12.5. The summed E-state index contributed by atoms with van der Waals surface area (Å²) in [7, 11) is -2.04. The first-order chi connectivity index (χ1) is 9.96. The molecule has 1 aromatic carbocycles. The molecule has 0 aliphatic heterocycles. The third-order valence-corrected chi connectivity index (χ3v) is 5.87. The highest BCUT2D eigenvalue weighted by Crippen LogP contribution is 2.27. The minimum atomic E-state index is -3.59. The molecule has 1 aliphatic rings. The molecule has 1 N–H and O–H groups in total. The van der Waals surface area contributed by atoms with Crippen LogP contribution in [0.2, 0.25) is 0 Å². The number of hydrogen-bond acceptors (Lipinski definition) is 4. The van der Waals surface area contributed by atoms with E-state index in [1.165, 1.54) is 4.31 Å². The molecule has 0 heterocycles. The first-order valence-corrected chi connectivity index (χ1v) is 8.79. The zero-order chi connectivity index (χ0) is 15.5. The summed E-state index contributed by atoms with van der Waals surface area (Å²) < 4.78 is 31.9. The Hall–Kier alpha value is -1.11. The van der Waals surface area contributed by atoms with E-state index in [4.69, 9.17) is 4.74 Å². The molecule has 5 nitrogen and oxygen atoms in total. The van der Waals surface area contributed by atoms with Crippen molar-refractivity contribution in [3.63, 3.8) is 0 Å². The summed E-state index contributed by atoms with van der Waals surface area (Å²) in [5.74, 6) is 0.650. The Balaban J connectivity index is 2.19. The lowest BCUT2D eigenvalue weighted by Gasteiger charge is -2.34. The highest BCUT2D eigenvalue weighted by atomic mass is 32.2. The Labute approximate surface area is 126 Å². The van der Waals surface area contributed by atoms with E-state index < -0.39 is 16.1 Å². The van der Waals surface area contributed by atoms with E-state index in [0.717, 1.165) is 12.8 Å². The van der Waals surface area contributed by atoms with Crippen molar-refractivity contribution in [1.29, 1.82) is 0 Å². The number of nitrogens with zero attached hydrogens (tertiary/aromatic N) is 1. The highest BCUT2D eigenvalue weighted by molar-refractivity contribution is 7.89. The Bertz CT molecular complexity index is 556. The lowest BCUT2D eigenvalue weighted by atomic mass is 9.93. The number of rotatable bonds is 5. The minimum absolute atomic E-state index is 0.228. The topological polar surface area (TPSA) is 66.8 Å². The summed E-state index contributed by atoms with van der Waals surface area (Å²) in [4.78, 5) is 0.228. The Morgan fingerprint density at radius 3 is 2.43 bits per heavy atom. The fourth-order valence-electron chi connectivity index (χ4n) is 2.73. The largest absolute Gasteiger partial charge is 0.494 e. The molecule has 1 saturated carbocycles. The molecular weight excluding hydrogens is 290 g/mol. The summed E-state index contributed by atoms with van der Waals surface area (Å²) in [6.45, 7) is 2.42. The number of likely N-dealkylation sites (N-methyl/N-ethyl adjacent to an activating group) is 1. The van der Waals surface area contributed by atoms with E-state index in [1.54, 1.807) is 31.3 Å². The van der Waals surface area contributed by atoms with Crippen molar-refractivity contribution in [3.8, 4) is 5.75 Å². The van der Waals surface area contributed by atoms with E-state index in [0.29, 0.717) is 25.2 Å². The maximum absolute atomic E-state index is 12.6. The van der Waals surface area contributed by atoms with E-state index in [2.05, 4.69) is 0 Å². The molecule has 1 fully saturated rings. The van der Waals surface area contributed by atoms with Crippen molar-refractivity contribution in [2.75, 3.05) is 13.7 Å². The SMILES string of the molecule is CCOc1ccc(S(=O)(=O)N(C)[C@@H]2CCCC[C@@H]2O)cc1. The summed E-state index contributed by atoms with van der Waals surface area (Å²) in [6, 6.07) is 6.07. The van der Waals surface area contributed by atoms with Crippen LogP contribution in [0.15, 0.2) is 29.2 Å². The summed E-state index contributed by atoms with van der Waals surface area (Å²) >= 11 is 0. The Morgan fingerprint density at radius 1 is 1.24 bits per heavy atom. The van der Waals surface area contributed by atoms with Gasteiger partial charge in [-0.2, -0.15) is 4.31 Å². The molecule has 0 aromatic heterocycles. The molecule has 0 spiro atoms. The van der Waals surface area contributed by atoms with Crippen molar-refractivity contribution in [2.45, 2.75) is 49.6 Å². The van der Waals surface area contributed by atoms with Crippen molar-refractivity contribution in [2.24, 2.45) is 0 Å². The Kier molecular flexibility index (Phi) is 5.24. The molecule has 0 radical (unpaired) electrons. The maximum atomic E-state index is 12.6. The summed E-state index contributed by atoms with van der Waals surface area (Å²) in [5.41, 5.74) is 0. The molecule has 0 saturated heterocycles. The predicted molar refractivity (Wildman–Crippen MR) is 80.8 cm³/mol. The second-order valence-corrected chi connectivity index (χ2v) is 7.34. The monoisotopic (exact) mass is 313 g/mol. The van der Waals surface area contributed by atoms with Crippen molar-refractivity contribution in [1.82, 2.24) is 4.31 Å². The predicted octanol–water partition coefficient (Wildman–Crippen LogP) is 2.01. The number of aliphatic hydroxyl groups is 1. The van der Waals surface area contributed by atoms with Crippen LogP contribution >= 0.6 is 0 Å². The van der Waals surface area contributed by atoms with E-state index in [-0.39, 0.29) is 10.9 Å². The molecule has 118 valence electrons. The number of sulfonamides is 1. The average molecular weight is 313 g/mol. The molecule has 0 bridgehead atoms. The van der Waals surface area contributed by atoms with Gasteiger partial charge in [-0.05, 0) is 44.0 Å². The number of ether oxygens (including phenoxy) is 1. The fraction of sp³-hybridized carbons (Fsp3) is 0.600. The van der Waals surface area contributed by atoms with Crippen LogP contribution in [-0.2, 0) is 10.0 Å². The van der Waals surface area contributed by atoms with E-state index >= 15 is 0 Å². The lowest BCUT2D eigenvalue weighted by molar-refractivity contribution is 0.0638. The third-order valence-electron chi connectivity index (χ3n) is 3.97. The van der Waals surface area contributed by atoms with Crippen LogP contribution < -0.4 is 4.74 Å². The number of hydrogen-bond donors (Lipinski definition) is 1. The van der Waals surface area contributed by atoms with Gasteiger partial charge in [0.25, 0.3) is 0 Å². The molecule has 1 aromatic rings. The number of benzene rings is 1. The van der Waals surface area contributed by atoms with Gasteiger partial charge in [-0.25, -0.2) is 8.42 Å². The van der Waals surface area contributed by atoms with Crippen molar-refractivity contribution in [3.05, 3.63) is 24.3 Å². The van der Waals surface area contributed by atoms with Gasteiger partial charge in [-0.15, -0.1) is 0 Å². The molecule has 0 unspecified atom stereocenters. The maximum Gasteiger partial charge on any atom is 0.243 e. The highest BCUT2D eigenvalue weighted by Gasteiger charge is 2.34. The quantitative estimate of drug-likeness (QED) is 0.903. The lowest BCUT2D eigenvalue weighted by Crippen LogP contribution is -2.46. The first kappa shape index (κ1) is 16.3. The van der Waals surface area contributed by atoms with Gasteiger partial charge in [-0.1, -0.05) is 12.8 Å². The van der Waals surface area contributed by atoms with Gasteiger partial charge >= 0.3 is 0 Å². The van der Waals surface area contributed by atoms with Crippen LogP contribution in [0.1, 0.15) is 32.6 Å². The summed E-state index contributed by atoms with van der Waals surface area (Å²) in [5, 5.41) is 10.0. The number of aliphatic hydroxyl groups excluding tert-OH is 1. The molecule has 6 heteroatoms. The van der Waals surface area contributed by atoms with Crippen LogP contribution in [0.25, 0.3) is 0 Å². The molecule has 21 heavy (non-hydrogen) atoms. The smallest absolute Gasteiger partial charge is 0.243 e. The Morgan fingerprint density at radius 2 is 1.86 bits per heavy atom. The second-order valence-electron chi connectivity index (χ2n) is 5.34. The minimum Gasteiger partial charge on any atom is -0.494 e. The van der Waals surface area contributed by atoms with Crippen molar-refractivity contribution < 1.29 is 18.3 Å². The zero-order valence-corrected chi connectivity index (χ0v) is 13.3. The van der Waals surface area contributed by atoms with Crippen molar-refractivity contribution >= 4 is 10.0 Å². The van der Waals surface area contributed by atoms with Gasteiger partial charge in [0.15, 0.2) is 0 Å². The van der Waals surface area contributed by atoms with Gasteiger partial charge in [0.2, 0.25) is 10.0 Å². The van der Waals surface area contributed by atoms with Gasteiger partial charge in [0.1, 0.15) is 5.75 Å². The molecule has 2 rings (SSSR count).